The van der Waals surface area contributed by atoms with Gasteiger partial charge in [-0.2, -0.15) is 4.98 Å². The Labute approximate surface area is 123 Å². The van der Waals surface area contributed by atoms with Crippen molar-refractivity contribution in [2.75, 3.05) is 11.1 Å². The summed E-state index contributed by atoms with van der Waals surface area (Å²) in [6.07, 6.45) is 1.66. The normalized spacial score (nSPS) is 10.6. The van der Waals surface area contributed by atoms with Crippen molar-refractivity contribution in [1.29, 1.82) is 0 Å². The quantitative estimate of drug-likeness (QED) is 0.702. The number of nitrogen functional groups attached to an aromatic ring is 1. The molecular formula is C17H17N3O. The molecule has 0 spiro atoms. The smallest absolute Gasteiger partial charge is 0.299 e. The number of anilines is 3. The molecule has 106 valence electrons. The zero-order valence-electron chi connectivity index (χ0n) is 12.1. The summed E-state index contributed by atoms with van der Waals surface area (Å²) in [7, 11) is 0. The highest BCUT2D eigenvalue weighted by atomic mass is 16.4. The van der Waals surface area contributed by atoms with E-state index in [1.165, 1.54) is 11.1 Å². The molecular weight excluding hydrogens is 262 g/mol. The molecule has 1 heterocycles. The Kier molecular flexibility index (Phi) is 3.36. The molecule has 3 rings (SSSR count). The van der Waals surface area contributed by atoms with E-state index in [2.05, 4.69) is 42.3 Å². The number of hydrogen-bond acceptors (Lipinski definition) is 4. The van der Waals surface area contributed by atoms with Gasteiger partial charge in [-0.25, -0.2) is 0 Å². The maximum Gasteiger partial charge on any atom is 0.299 e. The molecule has 0 unspecified atom stereocenters. The SMILES string of the molecule is Cc1ccc(-c2coc(Nc3cccc(N)c3)n2)c(C)c1. The van der Waals surface area contributed by atoms with Gasteiger partial charge >= 0.3 is 0 Å². The third-order valence-corrected chi connectivity index (χ3v) is 3.30. The zero-order chi connectivity index (χ0) is 14.8. The standard InChI is InChI=1S/C17H17N3O/c1-11-6-7-15(12(2)8-11)16-10-21-17(20-16)19-14-5-3-4-13(18)9-14/h3-10H,18H2,1-2H3,(H,19,20). The molecule has 0 aliphatic heterocycles. The van der Waals surface area contributed by atoms with E-state index in [1.54, 1.807) is 6.26 Å². The molecule has 0 amide bonds. The van der Waals surface area contributed by atoms with Crippen LogP contribution in [-0.4, -0.2) is 4.98 Å². The second kappa shape index (κ2) is 5.32. The monoisotopic (exact) mass is 279 g/mol. The number of oxazole rings is 1. The zero-order valence-corrected chi connectivity index (χ0v) is 12.1. The van der Waals surface area contributed by atoms with E-state index >= 15 is 0 Å². The predicted molar refractivity (Wildman–Crippen MR) is 85.6 cm³/mol. The Morgan fingerprint density at radius 3 is 2.71 bits per heavy atom. The largest absolute Gasteiger partial charge is 0.431 e. The number of hydrogen-bond donors (Lipinski definition) is 2. The Bertz CT molecular complexity index is 777. The summed E-state index contributed by atoms with van der Waals surface area (Å²) in [5.74, 6) is 0. The molecule has 0 saturated heterocycles. The number of aryl methyl sites for hydroxylation is 2. The van der Waals surface area contributed by atoms with Gasteiger partial charge in [-0.1, -0.05) is 29.8 Å². The number of nitrogens with one attached hydrogen (secondary N) is 1. The lowest BCUT2D eigenvalue weighted by molar-refractivity contribution is 0.578. The molecule has 4 heteroatoms. The summed E-state index contributed by atoms with van der Waals surface area (Å²) in [6.45, 7) is 4.15. The molecule has 3 aromatic rings. The van der Waals surface area contributed by atoms with Crippen molar-refractivity contribution in [2.45, 2.75) is 13.8 Å². The minimum Gasteiger partial charge on any atom is -0.431 e. The van der Waals surface area contributed by atoms with Gasteiger partial charge < -0.3 is 15.5 Å². The maximum absolute atomic E-state index is 5.75. The van der Waals surface area contributed by atoms with Crippen LogP contribution < -0.4 is 11.1 Å². The van der Waals surface area contributed by atoms with Gasteiger partial charge in [0.05, 0.1) is 0 Å². The fraction of sp³-hybridized carbons (Fsp3) is 0.118. The lowest BCUT2D eigenvalue weighted by Gasteiger charge is -2.03. The first kappa shape index (κ1) is 13.2. The van der Waals surface area contributed by atoms with Crippen molar-refractivity contribution in [2.24, 2.45) is 0 Å². The first-order chi connectivity index (χ1) is 10.1. The molecule has 0 radical (unpaired) electrons. The molecule has 21 heavy (non-hydrogen) atoms. The molecule has 0 aliphatic carbocycles. The molecule has 0 fully saturated rings. The molecule has 4 nitrogen and oxygen atoms in total. The van der Waals surface area contributed by atoms with E-state index in [0.29, 0.717) is 11.7 Å². The average molecular weight is 279 g/mol. The van der Waals surface area contributed by atoms with Gasteiger partial charge in [0.2, 0.25) is 0 Å². The number of aromatic nitrogens is 1. The summed E-state index contributed by atoms with van der Waals surface area (Å²) in [5.41, 5.74) is 11.6. The van der Waals surface area contributed by atoms with Crippen LogP contribution >= 0.6 is 0 Å². The molecule has 0 aliphatic rings. The molecule has 0 saturated carbocycles. The van der Waals surface area contributed by atoms with E-state index < -0.39 is 0 Å². The average Bonchev–Trinajstić information content (AvgIpc) is 2.87. The minimum atomic E-state index is 0.454. The Balaban J connectivity index is 1.86. The highest BCUT2D eigenvalue weighted by Crippen LogP contribution is 2.26. The Morgan fingerprint density at radius 1 is 1.10 bits per heavy atom. The second-order valence-corrected chi connectivity index (χ2v) is 5.11. The van der Waals surface area contributed by atoms with Gasteiger partial charge in [-0.3, -0.25) is 0 Å². The Hall–Kier alpha value is -2.75. The van der Waals surface area contributed by atoms with Crippen LogP contribution in [0.15, 0.2) is 53.1 Å². The minimum absolute atomic E-state index is 0.454. The van der Waals surface area contributed by atoms with E-state index in [4.69, 9.17) is 10.2 Å². The van der Waals surface area contributed by atoms with Crippen molar-refractivity contribution in [1.82, 2.24) is 4.98 Å². The molecule has 2 aromatic carbocycles. The van der Waals surface area contributed by atoms with Crippen molar-refractivity contribution in [3.63, 3.8) is 0 Å². The van der Waals surface area contributed by atoms with Crippen molar-refractivity contribution >= 4 is 17.4 Å². The van der Waals surface area contributed by atoms with Crippen LogP contribution in [0.5, 0.6) is 0 Å². The maximum atomic E-state index is 5.75. The fourth-order valence-electron chi connectivity index (χ4n) is 2.30. The van der Waals surface area contributed by atoms with Crippen LogP contribution in [0.2, 0.25) is 0 Å². The fourth-order valence-corrected chi connectivity index (χ4v) is 2.30. The summed E-state index contributed by atoms with van der Waals surface area (Å²) in [4.78, 5) is 4.48. The van der Waals surface area contributed by atoms with E-state index in [9.17, 15) is 0 Å². The molecule has 0 bridgehead atoms. The van der Waals surface area contributed by atoms with Crippen LogP contribution in [0.25, 0.3) is 11.3 Å². The second-order valence-electron chi connectivity index (χ2n) is 5.11. The lowest BCUT2D eigenvalue weighted by Crippen LogP contribution is -1.92. The first-order valence-corrected chi connectivity index (χ1v) is 6.77. The van der Waals surface area contributed by atoms with Crippen LogP contribution in [0.3, 0.4) is 0 Å². The first-order valence-electron chi connectivity index (χ1n) is 6.77. The summed E-state index contributed by atoms with van der Waals surface area (Å²) in [5, 5.41) is 3.11. The third-order valence-electron chi connectivity index (χ3n) is 3.30. The predicted octanol–water partition coefficient (Wildman–Crippen LogP) is 4.28. The molecule has 3 N–H and O–H groups in total. The van der Waals surface area contributed by atoms with Gasteiger partial charge in [-0.15, -0.1) is 0 Å². The van der Waals surface area contributed by atoms with Crippen LogP contribution in [-0.2, 0) is 0 Å². The van der Waals surface area contributed by atoms with Crippen LogP contribution in [0.4, 0.5) is 17.4 Å². The molecule has 1 aromatic heterocycles. The van der Waals surface area contributed by atoms with E-state index in [0.717, 1.165) is 16.9 Å². The third kappa shape index (κ3) is 2.89. The Morgan fingerprint density at radius 2 is 1.95 bits per heavy atom. The number of nitrogens with two attached hydrogens (primary N) is 1. The topological polar surface area (TPSA) is 64.1 Å². The number of benzene rings is 2. The summed E-state index contributed by atoms with van der Waals surface area (Å²) < 4.78 is 5.49. The van der Waals surface area contributed by atoms with E-state index in [1.807, 2.05) is 24.3 Å². The number of rotatable bonds is 3. The van der Waals surface area contributed by atoms with Gasteiger partial charge in [-0.05, 0) is 37.6 Å². The highest BCUT2D eigenvalue weighted by molar-refractivity contribution is 5.66. The summed E-state index contributed by atoms with van der Waals surface area (Å²) in [6, 6.07) is 14.2. The summed E-state index contributed by atoms with van der Waals surface area (Å²) >= 11 is 0. The number of nitrogens with zero attached hydrogens (tertiary/aromatic N) is 1. The van der Waals surface area contributed by atoms with E-state index in [-0.39, 0.29) is 0 Å². The van der Waals surface area contributed by atoms with Crippen molar-refractivity contribution < 1.29 is 4.42 Å². The van der Waals surface area contributed by atoms with Crippen LogP contribution in [0.1, 0.15) is 11.1 Å². The van der Waals surface area contributed by atoms with Crippen molar-refractivity contribution in [3.05, 3.63) is 59.9 Å². The van der Waals surface area contributed by atoms with Crippen LogP contribution in [0, 0.1) is 13.8 Å². The molecule has 0 atom stereocenters. The van der Waals surface area contributed by atoms with Gasteiger partial charge in [0.15, 0.2) is 0 Å². The van der Waals surface area contributed by atoms with Crippen molar-refractivity contribution in [3.8, 4) is 11.3 Å². The lowest BCUT2D eigenvalue weighted by atomic mass is 10.0. The highest BCUT2D eigenvalue weighted by Gasteiger charge is 2.09. The van der Waals surface area contributed by atoms with Gasteiger partial charge in [0, 0.05) is 16.9 Å². The van der Waals surface area contributed by atoms with Gasteiger partial charge in [0.1, 0.15) is 12.0 Å². The van der Waals surface area contributed by atoms with Gasteiger partial charge in [0.25, 0.3) is 6.01 Å².